The second kappa shape index (κ2) is 3.95. The molecule has 1 aromatic heterocycles. The Morgan fingerprint density at radius 1 is 1.64 bits per heavy atom. The van der Waals surface area contributed by atoms with Gasteiger partial charge in [-0.05, 0) is 25.3 Å². The van der Waals surface area contributed by atoms with Crippen molar-refractivity contribution in [2.24, 2.45) is 5.92 Å². The zero-order chi connectivity index (χ0) is 9.97. The Morgan fingerprint density at radius 2 is 2.43 bits per heavy atom. The fourth-order valence-corrected chi connectivity index (χ4v) is 1.75. The molecule has 0 unspecified atom stereocenters. The first-order valence-electron chi connectivity index (χ1n) is 5.33. The number of aryl methyl sites for hydroxylation is 1. The molecule has 0 aromatic carbocycles. The molecule has 1 saturated carbocycles. The molecule has 0 atom stereocenters. The summed E-state index contributed by atoms with van der Waals surface area (Å²) in [4.78, 5) is 11.7. The fraction of sp³-hybridized carbons (Fsp3) is 0.636. The largest absolute Gasteiger partial charge is 0.299 e. The summed E-state index contributed by atoms with van der Waals surface area (Å²) in [7, 11) is 0. The lowest BCUT2D eigenvalue weighted by Crippen LogP contribution is -2.23. The van der Waals surface area contributed by atoms with Crippen LogP contribution in [0.2, 0.25) is 0 Å². The van der Waals surface area contributed by atoms with Gasteiger partial charge in [-0.25, -0.2) is 0 Å². The number of nitrogens with zero attached hydrogens (tertiary/aromatic N) is 2. The van der Waals surface area contributed by atoms with Crippen LogP contribution in [0.25, 0.3) is 0 Å². The third kappa shape index (κ3) is 1.86. The van der Waals surface area contributed by atoms with Crippen molar-refractivity contribution in [1.82, 2.24) is 9.78 Å². The molecule has 1 fully saturated rings. The van der Waals surface area contributed by atoms with Crippen LogP contribution in [0.5, 0.6) is 0 Å². The van der Waals surface area contributed by atoms with Crippen molar-refractivity contribution < 1.29 is 4.79 Å². The smallest absolute Gasteiger partial charge is 0.140 e. The summed E-state index contributed by atoms with van der Waals surface area (Å²) in [6.45, 7) is 2.92. The number of carbonyl (C=O) groups excluding carboxylic acids is 1. The molecule has 2 rings (SSSR count). The van der Waals surface area contributed by atoms with Crippen LogP contribution in [0.4, 0.5) is 0 Å². The van der Waals surface area contributed by atoms with Gasteiger partial charge in [0.1, 0.15) is 5.78 Å². The number of ketones is 1. The highest BCUT2D eigenvalue weighted by Crippen LogP contribution is 2.28. The zero-order valence-electron chi connectivity index (χ0n) is 8.57. The molecule has 0 spiro atoms. The molecular formula is C11H16N2O. The second-order valence-electron chi connectivity index (χ2n) is 3.98. The first kappa shape index (κ1) is 9.44. The van der Waals surface area contributed by atoms with Crippen molar-refractivity contribution in [2.45, 2.75) is 39.2 Å². The molecule has 0 saturated heterocycles. The summed E-state index contributed by atoms with van der Waals surface area (Å²) >= 11 is 0. The van der Waals surface area contributed by atoms with Gasteiger partial charge in [-0.15, -0.1) is 0 Å². The number of carbonyl (C=O) groups is 1. The van der Waals surface area contributed by atoms with Crippen LogP contribution in [-0.4, -0.2) is 15.6 Å². The highest BCUT2D eigenvalue weighted by atomic mass is 16.1. The van der Waals surface area contributed by atoms with Crippen molar-refractivity contribution in [3.8, 4) is 0 Å². The quantitative estimate of drug-likeness (QED) is 0.729. The van der Waals surface area contributed by atoms with Gasteiger partial charge < -0.3 is 0 Å². The van der Waals surface area contributed by atoms with Gasteiger partial charge in [0.05, 0.1) is 6.20 Å². The Hall–Kier alpha value is -1.12. The molecule has 0 N–H and O–H groups in total. The van der Waals surface area contributed by atoms with E-state index in [2.05, 4.69) is 5.10 Å². The van der Waals surface area contributed by atoms with Crippen molar-refractivity contribution in [2.75, 3.05) is 0 Å². The van der Waals surface area contributed by atoms with Gasteiger partial charge in [0.25, 0.3) is 0 Å². The van der Waals surface area contributed by atoms with E-state index in [-0.39, 0.29) is 0 Å². The minimum Gasteiger partial charge on any atom is -0.299 e. The van der Waals surface area contributed by atoms with Gasteiger partial charge in [0.15, 0.2) is 0 Å². The summed E-state index contributed by atoms with van der Waals surface area (Å²) in [5.41, 5.74) is 1.06. The number of hydrogen-bond donors (Lipinski definition) is 0. The Bertz CT molecular complexity index is 326. The van der Waals surface area contributed by atoms with Gasteiger partial charge in [0, 0.05) is 25.1 Å². The van der Waals surface area contributed by atoms with Crippen LogP contribution in [-0.2, 0) is 17.8 Å². The molecule has 1 aliphatic rings. The first-order valence-corrected chi connectivity index (χ1v) is 5.33. The molecular weight excluding hydrogens is 176 g/mol. The van der Waals surface area contributed by atoms with Crippen LogP contribution < -0.4 is 0 Å². The number of aromatic nitrogens is 2. The van der Waals surface area contributed by atoms with Crippen LogP contribution in [0.1, 0.15) is 31.7 Å². The van der Waals surface area contributed by atoms with Crippen LogP contribution in [0.3, 0.4) is 0 Å². The Labute approximate surface area is 84.1 Å². The Morgan fingerprint density at radius 3 is 2.93 bits per heavy atom. The zero-order valence-corrected chi connectivity index (χ0v) is 8.57. The molecule has 14 heavy (non-hydrogen) atoms. The minimum absolute atomic E-state index is 0.347. The maximum Gasteiger partial charge on any atom is 0.140 e. The lowest BCUT2D eigenvalue weighted by molar-refractivity contribution is -0.124. The molecule has 3 nitrogen and oxygen atoms in total. The van der Waals surface area contributed by atoms with E-state index in [4.69, 9.17) is 0 Å². The second-order valence-corrected chi connectivity index (χ2v) is 3.98. The molecule has 1 aliphatic carbocycles. The predicted molar refractivity (Wildman–Crippen MR) is 54.0 cm³/mol. The predicted octanol–water partition coefficient (Wildman–Crippen LogP) is 1.81. The first-order chi connectivity index (χ1) is 6.79. The Balaban J connectivity index is 1.92. The highest BCUT2D eigenvalue weighted by Gasteiger charge is 2.25. The van der Waals surface area contributed by atoms with Crippen LogP contribution in [0, 0.1) is 5.92 Å². The normalized spacial score (nSPS) is 16.6. The number of Topliss-reactive ketones (excluding diaryl/α,β-unsaturated/α-hetero) is 1. The van der Waals surface area contributed by atoms with Gasteiger partial charge in [-0.2, -0.15) is 5.10 Å². The van der Waals surface area contributed by atoms with Gasteiger partial charge in [0.2, 0.25) is 0 Å². The van der Waals surface area contributed by atoms with E-state index in [9.17, 15) is 4.79 Å². The topological polar surface area (TPSA) is 34.9 Å². The maximum absolute atomic E-state index is 11.7. The highest BCUT2D eigenvalue weighted by molar-refractivity contribution is 5.83. The van der Waals surface area contributed by atoms with Crippen molar-refractivity contribution >= 4 is 5.78 Å². The third-order valence-corrected chi connectivity index (χ3v) is 2.95. The minimum atomic E-state index is 0.347. The molecule has 1 heterocycles. The van der Waals surface area contributed by atoms with E-state index in [1.54, 1.807) is 6.20 Å². The molecule has 0 amide bonds. The third-order valence-electron chi connectivity index (χ3n) is 2.95. The molecule has 0 bridgehead atoms. The van der Waals surface area contributed by atoms with Crippen molar-refractivity contribution in [3.63, 3.8) is 0 Å². The van der Waals surface area contributed by atoms with Crippen molar-refractivity contribution in [3.05, 3.63) is 18.0 Å². The van der Waals surface area contributed by atoms with Crippen LogP contribution in [0.15, 0.2) is 12.4 Å². The average molecular weight is 192 g/mol. The molecule has 1 aromatic rings. The summed E-state index contributed by atoms with van der Waals surface area (Å²) < 4.78 is 1.86. The maximum atomic E-state index is 11.7. The average Bonchev–Trinajstić information content (AvgIpc) is 2.48. The van der Waals surface area contributed by atoms with Gasteiger partial charge in [-0.1, -0.05) is 6.42 Å². The summed E-state index contributed by atoms with van der Waals surface area (Å²) in [6.07, 6.45) is 7.77. The van der Waals surface area contributed by atoms with Gasteiger partial charge in [-0.3, -0.25) is 9.48 Å². The molecule has 76 valence electrons. The molecule has 3 heteroatoms. The lowest BCUT2D eigenvalue weighted by Gasteiger charge is -2.23. The van der Waals surface area contributed by atoms with E-state index >= 15 is 0 Å². The number of rotatable bonds is 4. The van der Waals surface area contributed by atoms with E-state index in [0.29, 0.717) is 18.1 Å². The van der Waals surface area contributed by atoms with E-state index in [1.807, 2.05) is 17.8 Å². The SMILES string of the molecule is CCn1cc(CC(=O)C2CCC2)cn1. The number of hydrogen-bond acceptors (Lipinski definition) is 2. The monoisotopic (exact) mass is 192 g/mol. The summed E-state index contributed by atoms with van der Waals surface area (Å²) in [5.74, 6) is 0.742. The van der Waals surface area contributed by atoms with E-state index < -0.39 is 0 Å². The van der Waals surface area contributed by atoms with E-state index in [1.165, 1.54) is 6.42 Å². The van der Waals surface area contributed by atoms with Crippen molar-refractivity contribution in [1.29, 1.82) is 0 Å². The summed E-state index contributed by atoms with van der Waals surface area (Å²) in [6, 6.07) is 0. The fourth-order valence-electron chi connectivity index (χ4n) is 1.75. The standard InChI is InChI=1S/C11H16N2O/c1-2-13-8-9(7-12-13)6-11(14)10-4-3-5-10/h7-8,10H,2-6H2,1H3. The van der Waals surface area contributed by atoms with Gasteiger partial charge >= 0.3 is 0 Å². The lowest BCUT2D eigenvalue weighted by atomic mass is 9.80. The molecule has 0 aliphatic heterocycles. The Kier molecular flexibility index (Phi) is 2.66. The van der Waals surface area contributed by atoms with Crippen LogP contribution >= 0.6 is 0 Å². The summed E-state index contributed by atoms with van der Waals surface area (Å²) in [5, 5.41) is 4.16. The van der Waals surface area contributed by atoms with E-state index in [0.717, 1.165) is 24.9 Å². The molecule has 0 radical (unpaired) electrons.